The second-order valence-corrected chi connectivity index (χ2v) is 9.39. The first kappa shape index (κ1) is 19.6. The van der Waals surface area contributed by atoms with Gasteiger partial charge in [-0.1, -0.05) is 31.4 Å². The van der Waals surface area contributed by atoms with Crippen LogP contribution >= 0.6 is 0 Å². The molecule has 0 unspecified atom stereocenters. The Balaban J connectivity index is 1.74. The van der Waals surface area contributed by atoms with Crippen molar-refractivity contribution in [1.82, 2.24) is 4.90 Å². The molecule has 2 fully saturated rings. The summed E-state index contributed by atoms with van der Waals surface area (Å²) in [6.07, 6.45) is 5.30. The molecule has 1 heterocycles. The molecule has 2 aliphatic rings. The van der Waals surface area contributed by atoms with Crippen molar-refractivity contribution in [3.8, 4) is 5.75 Å². The molecule has 1 aromatic carbocycles. The maximum atomic E-state index is 12.9. The van der Waals surface area contributed by atoms with E-state index in [1.807, 2.05) is 0 Å². The van der Waals surface area contributed by atoms with Gasteiger partial charge in [-0.25, -0.2) is 8.42 Å². The van der Waals surface area contributed by atoms with Crippen molar-refractivity contribution >= 4 is 21.4 Å². The summed E-state index contributed by atoms with van der Waals surface area (Å²) in [5, 5.41) is 11.1. The van der Waals surface area contributed by atoms with Crippen LogP contribution in [0.15, 0.2) is 24.3 Å². The largest absolute Gasteiger partial charge is 0.477 e. The first-order chi connectivity index (χ1) is 12.9. The van der Waals surface area contributed by atoms with Crippen molar-refractivity contribution in [2.45, 2.75) is 50.6 Å². The lowest BCUT2D eigenvalue weighted by molar-refractivity contribution is -0.385. The molecule has 0 bridgehead atoms. The summed E-state index contributed by atoms with van der Waals surface area (Å²) in [4.78, 5) is 25.2. The maximum Gasteiger partial charge on any atom is 0.310 e. The fourth-order valence-electron chi connectivity index (χ4n) is 4.00. The molecule has 0 N–H and O–H groups in total. The van der Waals surface area contributed by atoms with Crippen LogP contribution in [0.1, 0.15) is 38.5 Å². The summed E-state index contributed by atoms with van der Waals surface area (Å²) in [5.74, 6) is -0.180. The van der Waals surface area contributed by atoms with E-state index in [1.165, 1.54) is 18.2 Å². The van der Waals surface area contributed by atoms with Crippen LogP contribution in [-0.4, -0.2) is 54.3 Å². The van der Waals surface area contributed by atoms with Gasteiger partial charge in [0.05, 0.1) is 16.4 Å². The number of sulfone groups is 1. The van der Waals surface area contributed by atoms with E-state index >= 15 is 0 Å². The normalized spacial score (nSPS) is 22.3. The molecule has 1 saturated carbocycles. The molecule has 1 saturated heterocycles. The maximum absolute atomic E-state index is 12.9. The summed E-state index contributed by atoms with van der Waals surface area (Å²) in [6.45, 7) is -0.335. The van der Waals surface area contributed by atoms with Crippen LogP contribution in [0.2, 0.25) is 0 Å². The molecule has 9 heteroatoms. The number of amides is 1. The average Bonchev–Trinajstić information content (AvgIpc) is 3.00. The minimum absolute atomic E-state index is 0.0129. The SMILES string of the molecule is O=C(COc1ccccc1[N+](=O)[O-])N(C1CCCCC1)[C@@H]1CCS(=O)(=O)C1. The molecule has 1 aliphatic heterocycles. The van der Waals surface area contributed by atoms with Crippen molar-refractivity contribution in [1.29, 1.82) is 0 Å². The highest BCUT2D eigenvalue weighted by Gasteiger charge is 2.38. The summed E-state index contributed by atoms with van der Waals surface area (Å²) < 4.78 is 29.3. The molecule has 3 rings (SSSR count). The van der Waals surface area contributed by atoms with Gasteiger partial charge in [0.25, 0.3) is 5.91 Å². The van der Waals surface area contributed by atoms with Gasteiger partial charge in [-0.3, -0.25) is 14.9 Å². The van der Waals surface area contributed by atoms with Crippen molar-refractivity contribution < 1.29 is 22.9 Å². The molecule has 27 heavy (non-hydrogen) atoms. The van der Waals surface area contributed by atoms with E-state index in [2.05, 4.69) is 0 Å². The molecule has 148 valence electrons. The fraction of sp³-hybridized carbons (Fsp3) is 0.611. The molecule has 1 aromatic rings. The zero-order chi connectivity index (χ0) is 19.4. The van der Waals surface area contributed by atoms with Crippen molar-refractivity contribution in [3.05, 3.63) is 34.4 Å². The summed E-state index contributed by atoms with van der Waals surface area (Å²) in [6, 6.07) is 5.59. The molecule has 1 atom stereocenters. The van der Waals surface area contributed by atoms with E-state index in [-0.39, 0.29) is 47.5 Å². The number of carbonyl (C=O) groups excluding carboxylic acids is 1. The van der Waals surface area contributed by atoms with Gasteiger partial charge in [0.15, 0.2) is 22.2 Å². The number of benzene rings is 1. The number of hydrogen-bond acceptors (Lipinski definition) is 6. The highest BCUT2D eigenvalue weighted by Crippen LogP contribution is 2.29. The molecule has 8 nitrogen and oxygen atoms in total. The number of nitro groups is 1. The second kappa shape index (κ2) is 8.24. The first-order valence-electron chi connectivity index (χ1n) is 9.25. The van der Waals surface area contributed by atoms with Gasteiger partial charge in [0.1, 0.15) is 0 Å². The zero-order valence-corrected chi connectivity index (χ0v) is 15.9. The summed E-state index contributed by atoms with van der Waals surface area (Å²) in [5.41, 5.74) is -0.196. The minimum atomic E-state index is -3.12. The number of hydrogen-bond donors (Lipinski definition) is 0. The first-order valence-corrected chi connectivity index (χ1v) is 11.1. The van der Waals surface area contributed by atoms with E-state index in [9.17, 15) is 23.3 Å². The highest BCUT2D eigenvalue weighted by atomic mass is 32.2. The van der Waals surface area contributed by atoms with Gasteiger partial charge in [-0.05, 0) is 25.3 Å². The third kappa shape index (κ3) is 4.77. The quantitative estimate of drug-likeness (QED) is 0.539. The van der Waals surface area contributed by atoms with E-state index < -0.39 is 14.8 Å². The number of para-hydroxylation sites is 2. The molecular weight excluding hydrogens is 372 g/mol. The minimum Gasteiger partial charge on any atom is -0.477 e. The summed E-state index contributed by atoms with van der Waals surface area (Å²) >= 11 is 0. The Bertz CT molecular complexity index is 804. The Labute approximate surface area is 158 Å². The Hall–Kier alpha value is -2.16. The van der Waals surface area contributed by atoms with Gasteiger partial charge >= 0.3 is 5.69 Å². The van der Waals surface area contributed by atoms with Crippen molar-refractivity contribution in [3.63, 3.8) is 0 Å². The zero-order valence-electron chi connectivity index (χ0n) is 15.1. The Morgan fingerprint density at radius 2 is 1.85 bits per heavy atom. The molecular formula is C18H24N2O6S. The fourth-order valence-corrected chi connectivity index (χ4v) is 5.71. The number of ether oxygens (including phenoxy) is 1. The van der Waals surface area contributed by atoms with Crippen LogP contribution in [0.4, 0.5) is 5.69 Å². The third-order valence-electron chi connectivity index (χ3n) is 5.27. The lowest BCUT2D eigenvalue weighted by Gasteiger charge is -2.38. The van der Waals surface area contributed by atoms with Gasteiger partial charge in [0, 0.05) is 18.2 Å². The monoisotopic (exact) mass is 396 g/mol. The van der Waals surface area contributed by atoms with Crippen LogP contribution in [0.25, 0.3) is 0 Å². The van der Waals surface area contributed by atoms with E-state index in [0.29, 0.717) is 6.42 Å². The van der Waals surface area contributed by atoms with Gasteiger partial charge in [0.2, 0.25) is 0 Å². The Kier molecular flexibility index (Phi) is 5.98. The van der Waals surface area contributed by atoms with Gasteiger partial charge < -0.3 is 9.64 Å². The predicted molar refractivity (Wildman–Crippen MR) is 99.4 cm³/mol. The Morgan fingerprint density at radius 3 is 2.48 bits per heavy atom. The van der Waals surface area contributed by atoms with Crippen LogP contribution in [-0.2, 0) is 14.6 Å². The highest BCUT2D eigenvalue weighted by molar-refractivity contribution is 7.91. The van der Waals surface area contributed by atoms with Crippen molar-refractivity contribution in [2.75, 3.05) is 18.1 Å². The standard InChI is InChI=1S/C18H24N2O6S/c21-18(12-26-17-9-5-4-8-16(17)20(22)23)19(14-6-2-1-3-7-14)15-10-11-27(24,25)13-15/h4-5,8-9,14-15H,1-3,6-7,10-13H2/t15-/m1/s1. The number of carbonyl (C=O) groups is 1. The Morgan fingerprint density at radius 1 is 1.15 bits per heavy atom. The molecule has 0 spiro atoms. The third-order valence-corrected chi connectivity index (χ3v) is 7.02. The lowest BCUT2D eigenvalue weighted by Crippen LogP contribution is -2.50. The topological polar surface area (TPSA) is 107 Å². The van der Waals surface area contributed by atoms with Gasteiger partial charge in [-0.15, -0.1) is 0 Å². The number of nitro benzene ring substituents is 1. The summed E-state index contributed by atoms with van der Waals surface area (Å²) in [7, 11) is -3.12. The van der Waals surface area contributed by atoms with Gasteiger partial charge in [-0.2, -0.15) is 0 Å². The lowest BCUT2D eigenvalue weighted by atomic mass is 9.93. The molecule has 1 aliphatic carbocycles. The van der Waals surface area contributed by atoms with E-state index in [0.717, 1.165) is 32.1 Å². The van der Waals surface area contributed by atoms with Crippen LogP contribution < -0.4 is 4.74 Å². The molecule has 1 amide bonds. The molecule has 0 radical (unpaired) electrons. The second-order valence-electron chi connectivity index (χ2n) is 7.16. The van der Waals surface area contributed by atoms with E-state index in [4.69, 9.17) is 4.74 Å². The smallest absolute Gasteiger partial charge is 0.310 e. The number of rotatable bonds is 6. The number of nitrogens with zero attached hydrogens (tertiary/aromatic N) is 2. The van der Waals surface area contributed by atoms with Crippen molar-refractivity contribution in [2.24, 2.45) is 0 Å². The predicted octanol–water partition coefficient (Wildman–Crippen LogP) is 2.32. The van der Waals surface area contributed by atoms with Crippen LogP contribution in [0.3, 0.4) is 0 Å². The van der Waals surface area contributed by atoms with Crippen LogP contribution in [0, 0.1) is 10.1 Å². The van der Waals surface area contributed by atoms with Crippen LogP contribution in [0.5, 0.6) is 5.75 Å². The average molecular weight is 396 g/mol. The van der Waals surface area contributed by atoms with E-state index in [1.54, 1.807) is 11.0 Å². The molecule has 0 aromatic heterocycles.